The Morgan fingerprint density at radius 2 is 2.05 bits per heavy atom. The first-order chi connectivity index (χ1) is 9.74. The number of nitrogens with one attached hydrogen (secondary N) is 1. The zero-order chi connectivity index (χ0) is 15.6. The van der Waals surface area contributed by atoms with Crippen molar-refractivity contribution < 1.29 is 0 Å². The Hall–Kier alpha value is -1.40. The fraction of sp³-hybridized carbons (Fsp3) is 0.500. The third kappa shape index (κ3) is 4.54. The van der Waals surface area contributed by atoms with E-state index in [4.69, 9.17) is 11.6 Å². The molecule has 1 N–H and O–H groups in total. The minimum Gasteiger partial charge on any atom is -0.382 e. The molecule has 2 rings (SSSR count). The van der Waals surface area contributed by atoms with Crippen molar-refractivity contribution in [2.75, 3.05) is 5.32 Å². The monoisotopic (exact) mass is 323 g/mol. The lowest BCUT2D eigenvalue weighted by Gasteiger charge is -2.14. The molecule has 0 fully saturated rings. The minimum atomic E-state index is -1.23. The molecule has 0 bridgehead atoms. The van der Waals surface area contributed by atoms with Crippen molar-refractivity contribution in [1.29, 1.82) is 0 Å². The number of aromatic nitrogens is 4. The van der Waals surface area contributed by atoms with Gasteiger partial charge < -0.3 is 5.32 Å². The van der Waals surface area contributed by atoms with E-state index in [9.17, 15) is 0 Å². The second kappa shape index (κ2) is 6.15. The Morgan fingerprint density at radius 3 is 2.67 bits per heavy atom. The van der Waals surface area contributed by atoms with Crippen LogP contribution in [0.15, 0.2) is 18.5 Å². The van der Waals surface area contributed by atoms with Crippen LogP contribution in [0.2, 0.25) is 24.8 Å². The van der Waals surface area contributed by atoms with E-state index in [2.05, 4.69) is 54.1 Å². The van der Waals surface area contributed by atoms with Crippen LogP contribution in [0.1, 0.15) is 13.8 Å². The lowest BCUT2D eigenvalue weighted by Crippen LogP contribution is -2.28. The molecule has 0 atom stereocenters. The highest BCUT2D eigenvalue weighted by atomic mass is 35.5. The molecule has 5 nitrogen and oxygen atoms in total. The summed E-state index contributed by atoms with van der Waals surface area (Å²) in [6, 6.07) is 2.13. The lowest BCUT2D eigenvalue weighted by molar-refractivity contribution is 0.681. The van der Waals surface area contributed by atoms with Gasteiger partial charge in [-0.05, 0) is 19.9 Å². The van der Waals surface area contributed by atoms with Gasteiger partial charge in [0.15, 0.2) is 0 Å². The smallest absolute Gasteiger partial charge is 0.131 e. The zero-order valence-electron chi connectivity index (χ0n) is 13.2. The molecule has 0 radical (unpaired) electrons. The van der Waals surface area contributed by atoms with Gasteiger partial charge in [-0.25, -0.2) is 4.98 Å². The van der Waals surface area contributed by atoms with E-state index in [-0.39, 0.29) is 0 Å². The quantitative estimate of drug-likeness (QED) is 0.673. The fourth-order valence-corrected chi connectivity index (χ4v) is 3.33. The van der Waals surface area contributed by atoms with Gasteiger partial charge in [-0.15, -0.1) is 5.10 Å². The largest absolute Gasteiger partial charge is 0.382 e. The van der Waals surface area contributed by atoms with E-state index in [1.807, 2.05) is 16.9 Å². The summed E-state index contributed by atoms with van der Waals surface area (Å²) in [6.07, 6.45) is 4.68. The van der Waals surface area contributed by atoms with Gasteiger partial charge in [0.25, 0.3) is 0 Å². The summed E-state index contributed by atoms with van der Waals surface area (Å²) in [5, 5.41) is 12.4. The first-order valence-electron chi connectivity index (χ1n) is 7.07. The van der Waals surface area contributed by atoms with Crippen LogP contribution in [0.25, 0.3) is 11.3 Å². The van der Waals surface area contributed by atoms with Gasteiger partial charge in [0, 0.05) is 29.7 Å². The highest BCUT2D eigenvalue weighted by Crippen LogP contribution is 2.28. The average molecular weight is 324 g/mol. The van der Waals surface area contributed by atoms with Gasteiger partial charge in [-0.1, -0.05) is 36.5 Å². The normalized spacial score (nSPS) is 12.0. The van der Waals surface area contributed by atoms with Crippen LogP contribution in [0, 0.1) is 0 Å². The Kier molecular flexibility index (Phi) is 4.68. The molecule has 0 aliphatic carbocycles. The first-order valence-corrected chi connectivity index (χ1v) is 11.2. The molecule has 0 saturated heterocycles. The minimum absolute atomic E-state index is 0.305. The van der Waals surface area contributed by atoms with E-state index >= 15 is 0 Å². The van der Waals surface area contributed by atoms with Crippen LogP contribution in [0.3, 0.4) is 0 Å². The summed E-state index contributed by atoms with van der Waals surface area (Å²) in [4.78, 5) is 4.16. The van der Waals surface area contributed by atoms with E-state index in [0.717, 1.165) is 23.1 Å². The Bertz CT molecular complexity index is 618. The number of nitrogens with zero attached hydrogens (tertiary/aromatic N) is 4. The standard InChI is InChI=1S/C14H22ClN5Si/c1-10(2)17-12-6-14(15)16-7-11(12)13-8-20(19-18-13)9-21(3,4)5/h6-8,10H,9H2,1-5H3,(H,16,17). The predicted molar refractivity (Wildman–Crippen MR) is 90.4 cm³/mol. The summed E-state index contributed by atoms with van der Waals surface area (Å²) in [5.74, 6) is 0. The van der Waals surface area contributed by atoms with Crippen molar-refractivity contribution in [2.24, 2.45) is 0 Å². The van der Waals surface area contributed by atoms with Gasteiger partial charge in [-0.2, -0.15) is 0 Å². The van der Waals surface area contributed by atoms with Gasteiger partial charge in [0.1, 0.15) is 10.8 Å². The molecule has 0 aliphatic heterocycles. The summed E-state index contributed by atoms with van der Waals surface area (Å²) in [6.45, 7) is 11.1. The molecule has 21 heavy (non-hydrogen) atoms. The van der Waals surface area contributed by atoms with Crippen molar-refractivity contribution in [2.45, 2.75) is 45.7 Å². The maximum atomic E-state index is 5.99. The number of rotatable bonds is 5. The van der Waals surface area contributed by atoms with E-state index < -0.39 is 8.07 Å². The third-order valence-corrected chi connectivity index (χ3v) is 4.25. The van der Waals surface area contributed by atoms with Gasteiger partial charge in [-0.3, -0.25) is 4.68 Å². The van der Waals surface area contributed by atoms with E-state index in [1.165, 1.54) is 0 Å². The number of pyridine rings is 1. The molecule has 2 heterocycles. The fourth-order valence-electron chi connectivity index (χ4n) is 2.05. The van der Waals surface area contributed by atoms with Crippen molar-refractivity contribution in [1.82, 2.24) is 20.0 Å². The molecular formula is C14H22ClN5Si. The molecule has 0 unspecified atom stereocenters. The predicted octanol–water partition coefficient (Wildman–Crippen LogP) is 3.69. The molecule has 0 saturated carbocycles. The molecule has 7 heteroatoms. The second-order valence-corrected chi connectivity index (χ2v) is 12.5. The van der Waals surface area contributed by atoms with Crippen LogP contribution in [-0.4, -0.2) is 34.1 Å². The number of hydrogen-bond acceptors (Lipinski definition) is 4. The van der Waals surface area contributed by atoms with Crippen LogP contribution in [-0.2, 0) is 6.17 Å². The van der Waals surface area contributed by atoms with Gasteiger partial charge >= 0.3 is 0 Å². The average Bonchev–Trinajstić information content (AvgIpc) is 2.74. The molecule has 0 spiro atoms. The molecule has 2 aromatic rings. The SMILES string of the molecule is CC(C)Nc1cc(Cl)ncc1-c1cn(C[Si](C)(C)C)nn1. The van der Waals surface area contributed by atoms with Crippen LogP contribution in [0.4, 0.5) is 5.69 Å². The Morgan fingerprint density at radius 1 is 1.33 bits per heavy atom. The first kappa shape index (κ1) is 16.0. The second-order valence-electron chi connectivity index (χ2n) is 6.71. The molecule has 0 amide bonds. The van der Waals surface area contributed by atoms with E-state index in [1.54, 1.807) is 6.20 Å². The van der Waals surface area contributed by atoms with Crippen molar-refractivity contribution in [3.63, 3.8) is 0 Å². The maximum Gasteiger partial charge on any atom is 0.131 e. The molecule has 114 valence electrons. The lowest BCUT2D eigenvalue weighted by atomic mass is 10.1. The Balaban J connectivity index is 2.33. The molecular weight excluding hydrogens is 302 g/mol. The number of hydrogen-bond donors (Lipinski definition) is 1. The molecule has 0 aliphatic rings. The highest BCUT2D eigenvalue weighted by molar-refractivity contribution is 6.74. The Labute approximate surface area is 131 Å². The van der Waals surface area contributed by atoms with Gasteiger partial charge in [0.05, 0.1) is 14.3 Å². The summed E-state index contributed by atoms with van der Waals surface area (Å²) < 4.78 is 1.93. The highest BCUT2D eigenvalue weighted by Gasteiger charge is 2.17. The summed E-state index contributed by atoms with van der Waals surface area (Å²) in [5.41, 5.74) is 2.68. The van der Waals surface area contributed by atoms with Gasteiger partial charge in [0.2, 0.25) is 0 Å². The maximum absolute atomic E-state index is 5.99. The van der Waals surface area contributed by atoms with Crippen LogP contribution in [0.5, 0.6) is 0 Å². The zero-order valence-corrected chi connectivity index (χ0v) is 14.9. The number of anilines is 1. The third-order valence-electron chi connectivity index (χ3n) is 2.77. The van der Waals surface area contributed by atoms with Crippen molar-refractivity contribution in [3.05, 3.63) is 23.6 Å². The van der Waals surface area contributed by atoms with Crippen LogP contribution >= 0.6 is 11.6 Å². The van der Waals surface area contributed by atoms with Crippen LogP contribution < -0.4 is 5.32 Å². The van der Waals surface area contributed by atoms with Crippen molar-refractivity contribution >= 4 is 25.4 Å². The summed E-state index contributed by atoms with van der Waals surface area (Å²) in [7, 11) is -1.23. The molecule has 2 aromatic heterocycles. The topological polar surface area (TPSA) is 55.6 Å². The summed E-state index contributed by atoms with van der Waals surface area (Å²) >= 11 is 5.99. The van der Waals surface area contributed by atoms with Crippen molar-refractivity contribution in [3.8, 4) is 11.3 Å². The molecule has 0 aromatic carbocycles. The number of halogens is 1. The van der Waals surface area contributed by atoms with E-state index in [0.29, 0.717) is 11.2 Å².